The highest BCUT2D eigenvalue weighted by Crippen LogP contribution is 2.23. The zero-order valence-electron chi connectivity index (χ0n) is 15.1. The van der Waals surface area contributed by atoms with Crippen molar-refractivity contribution in [3.8, 4) is 5.75 Å². The molecule has 3 rings (SSSR count). The number of nitrogens with one attached hydrogen (secondary N) is 1. The molecule has 0 bridgehead atoms. The highest BCUT2D eigenvalue weighted by molar-refractivity contribution is 6.31. The SMILES string of the molecule is C[C@H](NC(=O)c1cc(Cl)ccc1COc1cccc(F)c1F)c1ccccc1. The Morgan fingerprint density at radius 2 is 1.82 bits per heavy atom. The summed E-state index contributed by atoms with van der Waals surface area (Å²) < 4.78 is 32.5. The van der Waals surface area contributed by atoms with Gasteiger partial charge < -0.3 is 10.1 Å². The number of amides is 1. The molecule has 1 amide bonds. The van der Waals surface area contributed by atoms with E-state index in [9.17, 15) is 13.6 Å². The molecule has 3 nitrogen and oxygen atoms in total. The van der Waals surface area contributed by atoms with E-state index in [1.165, 1.54) is 18.2 Å². The molecule has 144 valence electrons. The van der Waals surface area contributed by atoms with Gasteiger partial charge in [-0.3, -0.25) is 4.79 Å². The average molecular weight is 402 g/mol. The van der Waals surface area contributed by atoms with Crippen molar-refractivity contribution in [2.75, 3.05) is 0 Å². The summed E-state index contributed by atoms with van der Waals surface area (Å²) in [6, 6.07) is 17.7. The first-order chi connectivity index (χ1) is 13.5. The molecule has 28 heavy (non-hydrogen) atoms. The molecule has 0 aromatic heterocycles. The first kappa shape index (κ1) is 19.8. The average Bonchev–Trinajstić information content (AvgIpc) is 2.70. The minimum Gasteiger partial charge on any atom is -0.486 e. The fourth-order valence-electron chi connectivity index (χ4n) is 2.74. The molecule has 3 aromatic carbocycles. The van der Waals surface area contributed by atoms with E-state index in [-0.39, 0.29) is 24.3 Å². The maximum atomic E-state index is 13.8. The van der Waals surface area contributed by atoms with Gasteiger partial charge in [-0.1, -0.05) is 54.1 Å². The van der Waals surface area contributed by atoms with Gasteiger partial charge in [0.05, 0.1) is 6.04 Å². The van der Waals surface area contributed by atoms with Crippen molar-refractivity contribution in [3.05, 3.63) is 100 Å². The van der Waals surface area contributed by atoms with Gasteiger partial charge in [0.25, 0.3) is 5.91 Å². The monoisotopic (exact) mass is 401 g/mol. The zero-order chi connectivity index (χ0) is 20.1. The largest absolute Gasteiger partial charge is 0.486 e. The maximum Gasteiger partial charge on any atom is 0.252 e. The number of rotatable bonds is 6. The van der Waals surface area contributed by atoms with Crippen molar-refractivity contribution in [1.82, 2.24) is 5.32 Å². The molecule has 1 atom stereocenters. The van der Waals surface area contributed by atoms with E-state index >= 15 is 0 Å². The van der Waals surface area contributed by atoms with Crippen LogP contribution in [0.2, 0.25) is 5.02 Å². The fourth-order valence-corrected chi connectivity index (χ4v) is 2.91. The summed E-state index contributed by atoms with van der Waals surface area (Å²) in [5.41, 5.74) is 1.77. The van der Waals surface area contributed by atoms with Crippen LogP contribution in [0, 0.1) is 11.6 Å². The van der Waals surface area contributed by atoms with Crippen LogP contribution in [0.4, 0.5) is 8.78 Å². The van der Waals surface area contributed by atoms with Crippen molar-refractivity contribution in [3.63, 3.8) is 0 Å². The second-order valence-electron chi connectivity index (χ2n) is 6.25. The van der Waals surface area contributed by atoms with Crippen molar-refractivity contribution in [2.24, 2.45) is 0 Å². The van der Waals surface area contributed by atoms with Crippen LogP contribution in [0.15, 0.2) is 66.7 Å². The van der Waals surface area contributed by atoms with Crippen LogP contribution >= 0.6 is 11.6 Å². The van der Waals surface area contributed by atoms with Gasteiger partial charge in [-0.25, -0.2) is 4.39 Å². The van der Waals surface area contributed by atoms with Crippen LogP contribution in [-0.4, -0.2) is 5.91 Å². The first-order valence-corrected chi connectivity index (χ1v) is 9.04. The second kappa shape index (κ2) is 8.85. The lowest BCUT2D eigenvalue weighted by Gasteiger charge is -2.17. The summed E-state index contributed by atoms with van der Waals surface area (Å²) in [5, 5.41) is 3.30. The lowest BCUT2D eigenvalue weighted by molar-refractivity contribution is 0.0937. The van der Waals surface area contributed by atoms with Gasteiger partial charge in [0.2, 0.25) is 5.82 Å². The molecule has 1 N–H and O–H groups in total. The molecule has 0 unspecified atom stereocenters. The van der Waals surface area contributed by atoms with E-state index in [0.29, 0.717) is 16.1 Å². The minimum absolute atomic E-state index is 0.111. The summed E-state index contributed by atoms with van der Waals surface area (Å²) >= 11 is 6.05. The summed E-state index contributed by atoms with van der Waals surface area (Å²) in [7, 11) is 0. The minimum atomic E-state index is -1.07. The van der Waals surface area contributed by atoms with Gasteiger partial charge in [-0.2, -0.15) is 4.39 Å². The Bertz CT molecular complexity index is 980. The molecule has 6 heteroatoms. The van der Waals surface area contributed by atoms with Crippen molar-refractivity contribution in [1.29, 1.82) is 0 Å². The van der Waals surface area contributed by atoms with E-state index in [2.05, 4.69) is 5.32 Å². The third-order valence-corrected chi connectivity index (χ3v) is 4.50. The molecule has 0 aliphatic heterocycles. The zero-order valence-corrected chi connectivity index (χ0v) is 15.8. The third-order valence-electron chi connectivity index (χ3n) is 4.26. The number of carbonyl (C=O) groups is 1. The van der Waals surface area contributed by atoms with E-state index < -0.39 is 11.6 Å². The van der Waals surface area contributed by atoms with Crippen LogP contribution in [-0.2, 0) is 6.61 Å². The van der Waals surface area contributed by atoms with Gasteiger partial charge in [0.1, 0.15) is 6.61 Å². The third kappa shape index (κ3) is 4.67. The number of hydrogen-bond donors (Lipinski definition) is 1. The summed E-state index contributed by atoms with van der Waals surface area (Å²) in [4.78, 5) is 12.8. The lowest BCUT2D eigenvalue weighted by Crippen LogP contribution is -2.27. The van der Waals surface area contributed by atoms with E-state index in [1.54, 1.807) is 12.1 Å². The summed E-state index contributed by atoms with van der Waals surface area (Å²) in [6.07, 6.45) is 0. The molecule has 3 aromatic rings. The van der Waals surface area contributed by atoms with Crippen molar-refractivity contribution in [2.45, 2.75) is 19.6 Å². The Hall–Kier alpha value is -2.92. The van der Waals surface area contributed by atoms with Crippen LogP contribution in [0.1, 0.15) is 34.5 Å². The molecule has 0 aliphatic rings. The highest BCUT2D eigenvalue weighted by atomic mass is 35.5. The van der Waals surface area contributed by atoms with E-state index in [1.807, 2.05) is 37.3 Å². The predicted octanol–water partition coefficient (Wildman–Crippen LogP) is 5.69. The molecular weight excluding hydrogens is 384 g/mol. The van der Waals surface area contributed by atoms with Crippen LogP contribution in [0.25, 0.3) is 0 Å². The van der Waals surface area contributed by atoms with Crippen LogP contribution in [0.3, 0.4) is 0 Å². The van der Waals surface area contributed by atoms with Gasteiger partial charge in [-0.05, 0) is 36.8 Å². The normalized spacial score (nSPS) is 11.7. The number of carbonyl (C=O) groups excluding carboxylic acids is 1. The number of benzene rings is 3. The van der Waals surface area contributed by atoms with E-state index in [0.717, 1.165) is 11.6 Å². The number of ether oxygens (including phenoxy) is 1. The molecule has 0 saturated carbocycles. The fraction of sp³-hybridized carbons (Fsp3) is 0.136. The molecule has 0 saturated heterocycles. The Morgan fingerprint density at radius 1 is 1.07 bits per heavy atom. The van der Waals surface area contributed by atoms with Crippen molar-refractivity contribution < 1.29 is 18.3 Å². The van der Waals surface area contributed by atoms with Crippen molar-refractivity contribution >= 4 is 17.5 Å². The highest BCUT2D eigenvalue weighted by Gasteiger charge is 2.17. The Labute approximate surface area is 166 Å². The number of hydrogen-bond acceptors (Lipinski definition) is 2. The summed E-state index contributed by atoms with van der Waals surface area (Å²) in [6.45, 7) is 1.76. The smallest absolute Gasteiger partial charge is 0.252 e. The summed E-state index contributed by atoms with van der Waals surface area (Å²) in [5.74, 6) is -2.63. The first-order valence-electron chi connectivity index (χ1n) is 8.66. The van der Waals surface area contributed by atoms with Gasteiger partial charge in [0, 0.05) is 16.1 Å². The molecule has 0 heterocycles. The van der Waals surface area contributed by atoms with Crippen LogP contribution in [0.5, 0.6) is 5.75 Å². The van der Waals surface area contributed by atoms with Gasteiger partial charge in [-0.15, -0.1) is 0 Å². The molecule has 0 radical (unpaired) electrons. The standard InChI is InChI=1S/C22H18ClF2NO2/c1-14(15-6-3-2-4-7-15)26-22(27)18-12-17(23)11-10-16(18)13-28-20-9-5-8-19(24)21(20)25/h2-12,14H,13H2,1H3,(H,26,27)/t14-/m0/s1. The molecule has 0 spiro atoms. The Kier molecular flexibility index (Phi) is 6.26. The molecular formula is C22H18ClF2NO2. The molecule has 0 aliphatic carbocycles. The Morgan fingerprint density at radius 3 is 2.57 bits per heavy atom. The van der Waals surface area contributed by atoms with Gasteiger partial charge >= 0.3 is 0 Å². The topological polar surface area (TPSA) is 38.3 Å². The van der Waals surface area contributed by atoms with E-state index in [4.69, 9.17) is 16.3 Å². The van der Waals surface area contributed by atoms with Crippen LogP contribution < -0.4 is 10.1 Å². The maximum absolute atomic E-state index is 13.8. The second-order valence-corrected chi connectivity index (χ2v) is 6.68. The number of halogens is 3. The quantitative estimate of drug-likeness (QED) is 0.576. The Balaban J connectivity index is 1.78. The lowest BCUT2D eigenvalue weighted by atomic mass is 10.1. The van der Waals surface area contributed by atoms with Gasteiger partial charge in [0.15, 0.2) is 11.6 Å². The molecule has 0 fully saturated rings. The predicted molar refractivity (Wildman–Crippen MR) is 104 cm³/mol.